The molecule has 96 valence electrons. The predicted octanol–water partition coefficient (Wildman–Crippen LogP) is 0.00142. The zero-order chi connectivity index (χ0) is 13.7. The Morgan fingerprint density at radius 3 is 2.17 bits per heavy atom. The summed E-state index contributed by atoms with van der Waals surface area (Å²) in [5, 5.41) is 17.3. The largest absolute Gasteiger partial charge is 0.480 e. The Bertz CT molecular complexity index is 470. The minimum atomic E-state index is -1.28. The fourth-order valence-corrected chi connectivity index (χ4v) is 1.35. The van der Waals surface area contributed by atoms with E-state index in [1.165, 1.54) is 6.07 Å². The lowest BCUT2D eigenvalue weighted by atomic mass is 10.2. The fourth-order valence-electron chi connectivity index (χ4n) is 1.35. The van der Waals surface area contributed by atoms with Crippen molar-refractivity contribution >= 4 is 17.8 Å². The van der Waals surface area contributed by atoms with Crippen molar-refractivity contribution in [3.63, 3.8) is 0 Å². The van der Waals surface area contributed by atoms with Gasteiger partial charge in [-0.25, -0.2) is 4.98 Å². The van der Waals surface area contributed by atoms with Crippen LogP contribution in [0.25, 0.3) is 0 Å². The molecule has 1 rings (SSSR count). The summed E-state index contributed by atoms with van der Waals surface area (Å²) in [4.78, 5) is 37.7. The highest BCUT2D eigenvalue weighted by atomic mass is 16.4. The third-order valence-electron chi connectivity index (χ3n) is 2.05. The number of rotatable bonds is 5. The van der Waals surface area contributed by atoms with Gasteiger partial charge in [0.05, 0.1) is 0 Å². The molecule has 18 heavy (non-hydrogen) atoms. The van der Waals surface area contributed by atoms with Crippen LogP contribution in [0.4, 0.5) is 0 Å². The van der Waals surface area contributed by atoms with E-state index in [4.69, 9.17) is 10.2 Å². The second-order valence-electron chi connectivity index (χ2n) is 3.61. The molecular formula is C11H12N2O5. The molecule has 0 aliphatic carbocycles. The summed E-state index contributed by atoms with van der Waals surface area (Å²) in [7, 11) is 0. The molecule has 1 amide bonds. The third-order valence-corrected chi connectivity index (χ3v) is 2.05. The molecule has 0 aliphatic heterocycles. The van der Waals surface area contributed by atoms with Crippen molar-refractivity contribution in [3.8, 4) is 0 Å². The first-order valence-electron chi connectivity index (χ1n) is 5.06. The number of hydrogen-bond donors (Lipinski definition) is 2. The standard InChI is InChI=1S/C11H12N2O5/c1-7-3-2-4-8(12-7)11(18)13(5-9(14)15)6-10(16)17/h2-4H,5-6H2,1H3,(H,14,15)(H,16,17). The molecule has 0 saturated heterocycles. The number of carboxylic acid groups (broad SMARTS) is 2. The van der Waals surface area contributed by atoms with Gasteiger partial charge in [-0.05, 0) is 19.1 Å². The molecule has 0 bridgehead atoms. The first-order chi connectivity index (χ1) is 8.40. The van der Waals surface area contributed by atoms with E-state index >= 15 is 0 Å². The van der Waals surface area contributed by atoms with Crippen LogP contribution in [0.5, 0.6) is 0 Å². The molecule has 1 heterocycles. The van der Waals surface area contributed by atoms with Gasteiger partial charge in [0.1, 0.15) is 18.8 Å². The van der Waals surface area contributed by atoms with Crippen molar-refractivity contribution in [2.75, 3.05) is 13.1 Å². The van der Waals surface area contributed by atoms with Crippen molar-refractivity contribution in [3.05, 3.63) is 29.6 Å². The molecule has 0 spiro atoms. The van der Waals surface area contributed by atoms with Gasteiger partial charge >= 0.3 is 11.9 Å². The fraction of sp³-hybridized carbons (Fsp3) is 0.273. The van der Waals surface area contributed by atoms with Crippen molar-refractivity contribution in [1.29, 1.82) is 0 Å². The summed E-state index contributed by atoms with van der Waals surface area (Å²) in [6, 6.07) is 4.68. The summed E-state index contributed by atoms with van der Waals surface area (Å²) >= 11 is 0. The number of aryl methyl sites for hydroxylation is 1. The highest BCUT2D eigenvalue weighted by Gasteiger charge is 2.21. The van der Waals surface area contributed by atoms with Crippen LogP contribution in [0.15, 0.2) is 18.2 Å². The van der Waals surface area contributed by atoms with Crippen molar-refractivity contribution < 1.29 is 24.6 Å². The van der Waals surface area contributed by atoms with E-state index in [0.29, 0.717) is 10.6 Å². The second kappa shape index (κ2) is 5.76. The highest BCUT2D eigenvalue weighted by molar-refractivity contribution is 5.95. The monoisotopic (exact) mass is 252 g/mol. The maximum absolute atomic E-state index is 11.9. The van der Waals surface area contributed by atoms with E-state index in [2.05, 4.69) is 4.98 Å². The van der Waals surface area contributed by atoms with Crippen molar-refractivity contribution in [2.24, 2.45) is 0 Å². The van der Waals surface area contributed by atoms with E-state index in [1.54, 1.807) is 19.1 Å². The molecule has 0 radical (unpaired) electrons. The Morgan fingerprint density at radius 2 is 1.72 bits per heavy atom. The van der Waals surface area contributed by atoms with Crippen LogP contribution in [0.2, 0.25) is 0 Å². The van der Waals surface area contributed by atoms with Crippen LogP contribution >= 0.6 is 0 Å². The van der Waals surface area contributed by atoms with E-state index < -0.39 is 30.9 Å². The van der Waals surface area contributed by atoms with E-state index in [-0.39, 0.29) is 5.69 Å². The number of carbonyl (C=O) groups excluding carboxylic acids is 1. The number of nitrogens with zero attached hydrogens (tertiary/aromatic N) is 2. The summed E-state index contributed by atoms with van der Waals surface area (Å²) in [6.07, 6.45) is 0. The molecule has 7 nitrogen and oxygen atoms in total. The molecule has 0 aromatic carbocycles. The first-order valence-corrected chi connectivity index (χ1v) is 5.06. The van der Waals surface area contributed by atoms with Crippen molar-refractivity contribution in [2.45, 2.75) is 6.92 Å². The van der Waals surface area contributed by atoms with Crippen LogP contribution in [0.3, 0.4) is 0 Å². The number of aromatic nitrogens is 1. The molecule has 0 fully saturated rings. The summed E-state index contributed by atoms with van der Waals surface area (Å²) in [5.41, 5.74) is 0.615. The number of pyridine rings is 1. The SMILES string of the molecule is Cc1cccc(C(=O)N(CC(=O)O)CC(=O)O)n1. The quantitative estimate of drug-likeness (QED) is 0.763. The van der Waals surface area contributed by atoms with Crippen LogP contribution in [-0.2, 0) is 9.59 Å². The van der Waals surface area contributed by atoms with E-state index in [0.717, 1.165) is 0 Å². The highest BCUT2D eigenvalue weighted by Crippen LogP contribution is 2.03. The van der Waals surface area contributed by atoms with Crippen LogP contribution in [0.1, 0.15) is 16.2 Å². The normalized spacial score (nSPS) is 9.83. The van der Waals surface area contributed by atoms with E-state index in [1.807, 2.05) is 0 Å². The molecule has 0 aliphatic rings. The average molecular weight is 252 g/mol. The van der Waals surface area contributed by atoms with Gasteiger partial charge in [-0.2, -0.15) is 0 Å². The summed E-state index contributed by atoms with van der Waals surface area (Å²) < 4.78 is 0. The second-order valence-corrected chi connectivity index (χ2v) is 3.61. The molecule has 0 unspecified atom stereocenters. The number of carbonyl (C=O) groups is 3. The lowest BCUT2D eigenvalue weighted by Crippen LogP contribution is -2.39. The van der Waals surface area contributed by atoms with E-state index in [9.17, 15) is 14.4 Å². The van der Waals surface area contributed by atoms with Crippen molar-refractivity contribution in [1.82, 2.24) is 9.88 Å². The molecule has 0 saturated carbocycles. The van der Waals surface area contributed by atoms with Gasteiger partial charge in [-0.3, -0.25) is 14.4 Å². The van der Waals surface area contributed by atoms with Crippen LogP contribution < -0.4 is 0 Å². The maximum Gasteiger partial charge on any atom is 0.323 e. The zero-order valence-electron chi connectivity index (χ0n) is 9.66. The van der Waals surface area contributed by atoms with Gasteiger partial charge < -0.3 is 15.1 Å². The number of amides is 1. The lowest BCUT2D eigenvalue weighted by Gasteiger charge is -2.17. The Kier molecular flexibility index (Phi) is 4.36. The molecular weight excluding hydrogens is 240 g/mol. The Balaban J connectivity index is 2.94. The van der Waals surface area contributed by atoms with Gasteiger partial charge in [0.25, 0.3) is 5.91 Å². The lowest BCUT2D eigenvalue weighted by molar-refractivity contribution is -0.140. The molecule has 0 atom stereocenters. The Morgan fingerprint density at radius 1 is 1.17 bits per heavy atom. The smallest absolute Gasteiger partial charge is 0.323 e. The number of hydrogen-bond acceptors (Lipinski definition) is 4. The average Bonchev–Trinajstić information content (AvgIpc) is 2.26. The minimum absolute atomic E-state index is 0.0255. The van der Waals surface area contributed by atoms with Gasteiger partial charge in [0.15, 0.2) is 0 Å². The minimum Gasteiger partial charge on any atom is -0.480 e. The van der Waals surface area contributed by atoms with Gasteiger partial charge in [0, 0.05) is 5.69 Å². The topological polar surface area (TPSA) is 108 Å². The number of carboxylic acids is 2. The zero-order valence-corrected chi connectivity index (χ0v) is 9.66. The third kappa shape index (κ3) is 3.85. The predicted molar refractivity (Wildman–Crippen MR) is 60.1 cm³/mol. The number of aliphatic carboxylic acids is 2. The Hall–Kier alpha value is -2.44. The van der Waals surface area contributed by atoms with Gasteiger partial charge in [-0.1, -0.05) is 6.07 Å². The first kappa shape index (κ1) is 13.6. The van der Waals surface area contributed by atoms with Crippen LogP contribution in [-0.4, -0.2) is 51.0 Å². The molecule has 7 heteroatoms. The summed E-state index contributed by atoms with van der Waals surface area (Å²) in [6.45, 7) is 0.316. The van der Waals surface area contributed by atoms with Crippen LogP contribution in [0, 0.1) is 6.92 Å². The summed E-state index contributed by atoms with van der Waals surface area (Å²) in [5.74, 6) is -3.28. The molecule has 1 aromatic rings. The van der Waals surface area contributed by atoms with Gasteiger partial charge in [0.2, 0.25) is 0 Å². The van der Waals surface area contributed by atoms with Gasteiger partial charge in [-0.15, -0.1) is 0 Å². The molecule has 1 aromatic heterocycles. The maximum atomic E-state index is 11.9. The molecule has 2 N–H and O–H groups in total. The Labute approximate surface area is 103 Å².